The summed E-state index contributed by atoms with van der Waals surface area (Å²) in [4.78, 5) is 0. The van der Waals surface area contributed by atoms with Gasteiger partial charge in [0.2, 0.25) is 0 Å². The third-order valence-electron chi connectivity index (χ3n) is 2.10. The second-order valence-electron chi connectivity index (χ2n) is 3.57. The van der Waals surface area contributed by atoms with Crippen LogP contribution in [0.2, 0.25) is 0 Å². The van der Waals surface area contributed by atoms with Crippen LogP contribution in [0.5, 0.6) is 11.5 Å². The molecule has 0 saturated heterocycles. The van der Waals surface area contributed by atoms with Crippen molar-refractivity contribution in [2.75, 3.05) is 13.7 Å². The summed E-state index contributed by atoms with van der Waals surface area (Å²) in [7, 11) is 1.36. The third kappa shape index (κ3) is 3.81. The van der Waals surface area contributed by atoms with E-state index in [4.69, 9.17) is 15.2 Å². The van der Waals surface area contributed by atoms with Gasteiger partial charge >= 0.3 is 6.18 Å². The first kappa shape index (κ1) is 13.6. The predicted octanol–water partition coefficient (Wildman–Crippen LogP) is 2.66. The monoisotopic (exact) mass is 249 g/mol. The van der Waals surface area contributed by atoms with E-state index in [2.05, 4.69) is 0 Å². The minimum absolute atomic E-state index is 0.0438. The van der Waals surface area contributed by atoms with Crippen LogP contribution in [-0.4, -0.2) is 19.9 Å². The van der Waals surface area contributed by atoms with Gasteiger partial charge in [-0.2, -0.15) is 13.2 Å². The van der Waals surface area contributed by atoms with Crippen molar-refractivity contribution in [3.8, 4) is 11.5 Å². The molecule has 0 aliphatic rings. The van der Waals surface area contributed by atoms with Crippen LogP contribution in [0.25, 0.3) is 0 Å². The Morgan fingerprint density at radius 3 is 2.47 bits per heavy atom. The Labute approximate surface area is 97.3 Å². The zero-order chi connectivity index (χ0) is 13.1. The highest BCUT2D eigenvalue weighted by Crippen LogP contribution is 2.35. The van der Waals surface area contributed by atoms with Crippen LogP contribution in [0, 0.1) is 0 Å². The first-order valence-electron chi connectivity index (χ1n) is 4.97. The Bertz CT molecular complexity index is 377. The standard InChI is InChI=1S/C11H14F3NO2/c1-7(15)8-4-3-5-9(16-2)10(8)17-6-11(12,13)14/h3-5,7H,6,15H2,1-2H3. The number of benzene rings is 1. The van der Waals surface area contributed by atoms with Gasteiger partial charge in [-0.25, -0.2) is 0 Å². The lowest BCUT2D eigenvalue weighted by Crippen LogP contribution is -2.20. The van der Waals surface area contributed by atoms with Gasteiger partial charge < -0.3 is 15.2 Å². The molecule has 1 rings (SSSR count). The molecule has 6 heteroatoms. The summed E-state index contributed by atoms with van der Waals surface area (Å²) >= 11 is 0. The minimum atomic E-state index is -4.39. The molecule has 0 heterocycles. The molecule has 0 fully saturated rings. The molecule has 96 valence electrons. The summed E-state index contributed by atoms with van der Waals surface area (Å²) in [6.45, 7) is 0.294. The molecule has 0 spiro atoms. The van der Waals surface area contributed by atoms with Gasteiger partial charge in [0.05, 0.1) is 7.11 Å². The van der Waals surface area contributed by atoms with Crippen molar-refractivity contribution in [1.82, 2.24) is 0 Å². The van der Waals surface area contributed by atoms with E-state index in [1.165, 1.54) is 13.2 Å². The zero-order valence-corrected chi connectivity index (χ0v) is 9.54. The predicted molar refractivity (Wildman–Crippen MR) is 57.1 cm³/mol. The summed E-state index contributed by atoms with van der Waals surface area (Å²) in [5, 5.41) is 0. The maximum Gasteiger partial charge on any atom is 0.422 e. The average Bonchev–Trinajstić information content (AvgIpc) is 2.24. The number of hydrogen-bond donors (Lipinski definition) is 1. The van der Waals surface area contributed by atoms with Gasteiger partial charge in [0.1, 0.15) is 0 Å². The van der Waals surface area contributed by atoms with E-state index in [9.17, 15) is 13.2 Å². The fourth-order valence-electron chi connectivity index (χ4n) is 1.36. The van der Waals surface area contributed by atoms with Gasteiger partial charge in [0, 0.05) is 11.6 Å². The molecule has 2 N–H and O–H groups in total. The SMILES string of the molecule is COc1cccc(C(C)N)c1OCC(F)(F)F. The Hall–Kier alpha value is -1.43. The Morgan fingerprint density at radius 1 is 1.35 bits per heavy atom. The molecule has 1 atom stereocenters. The van der Waals surface area contributed by atoms with E-state index in [0.717, 1.165) is 0 Å². The van der Waals surface area contributed by atoms with E-state index in [1.54, 1.807) is 19.1 Å². The summed E-state index contributed by atoms with van der Waals surface area (Å²) in [5.74, 6) is 0.284. The van der Waals surface area contributed by atoms with E-state index in [-0.39, 0.29) is 11.5 Å². The molecular weight excluding hydrogens is 235 g/mol. The summed E-state index contributed by atoms with van der Waals surface area (Å²) in [6.07, 6.45) is -4.39. The largest absolute Gasteiger partial charge is 0.493 e. The van der Waals surface area contributed by atoms with Crippen molar-refractivity contribution in [3.05, 3.63) is 23.8 Å². The lowest BCUT2D eigenvalue weighted by Gasteiger charge is -2.17. The number of nitrogens with two attached hydrogens (primary N) is 1. The fraction of sp³-hybridized carbons (Fsp3) is 0.455. The maximum atomic E-state index is 12.1. The molecule has 0 amide bonds. The Morgan fingerprint density at radius 2 is 2.00 bits per heavy atom. The highest BCUT2D eigenvalue weighted by Gasteiger charge is 2.29. The van der Waals surface area contributed by atoms with E-state index in [1.807, 2.05) is 0 Å². The molecule has 0 saturated carbocycles. The number of methoxy groups -OCH3 is 1. The van der Waals surface area contributed by atoms with Gasteiger partial charge in [-0.1, -0.05) is 12.1 Å². The number of rotatable bonds is 4. The van der Waals surface area contributed by atoms with Crippen LogP contribution in [-0.2, 0) is 0 Å². The molecule has 17 heavy (non-hydrogen) atoms. The number of halogens is 3. The molecule has 0 bridgehead atoms. The molecule has 0 aromatic heterocycles. The lowest BCUT2D eigenvalue weighted by atomic mass is 10.1. The molecule has 0 aliphatic carbocycles. The van der Waals surface area contributed by atoms with E-state index < -0.39 is 18.8 Å². The topological polar surface area (TPSA) is 44.5 Å². The quantitative estimate of drug-likeness (QED) is 0.892. The van der Waals surface area contributed by atoms with Crippen molar-refractivity contribution >= 4 is 0 Å². The number of alkyl halides is 3. The summed E-state index contributed by atoms with van der Waals surface area (Å²) in [5.41, 5.74) is 6.14. The van der Waals surface area contributed by atoms with Crippen molar-refractivity contribution in [1.29, 1.82) is 0 Å². The first-order chi connectivity index (χ1) is 7.85. The second-order valence-corrected chi connectivity index (χ2v) is 3.57. The van der Waals surface area contributed by atoms with Crippen molar-refractivity contribution < 1.29 is 22.6 Å². The van der Waals surface area contributed by atoms with Crippen LogP contribution in [0.4, 0.5) is 13.2 Å². The van der Waals surface area contributed by atoms with Crippen LogP contribution >= 0.6 is 0 Å². The van der Waals surface area contributed by atoms with Crippen molar-refractivity contribution in [2.24, 2.45) is 5.73 Å². The molecule has 1 aromatic carbocycles. The summed E-state index contributed by atoms with van der Waals surface area (Å²) in [6, 6.07) is 4.35. The van der Waals surface area contributed by atoms with Gasteiger partial charge in [0.25, 0.3) is 0 Å². The zero-order valence-electron chi connectivity index (χ0n) is 9.54. The molecule has 0 aliphatic heterocycles. The first-order valence-corrected chi connectivity index (χ1v) is 4.97. The Kier molecular flexibility index (Phi) is 4.22. The number of hydrogen-bond acceptors (Lipinski definition) is 3. The summed E-state index contributed by atoms with van der Waals surface area (Å²) < 4.78 is 46.0. The number of ether oxygens (including phenoxy) is 2. The van der Waals surface area contributed by atoms with Gasteiger partial charge in [-0.15, -0.1) is 0 Å². The molecule has 1 unspecified atom stereocenters. The number of para-hydroxylation sites is 1. The van der Waals surface area contributed by atoms with Gasteiger partial charge in [0.15, 0.2) is 18.1 Å². The lowest BCUT2D eigenvalue weighted by molar-refractivity contribution is -0.153. The molecule has 1 aromatic rings. The normalized spacial score (nSPS) is 13.3. The highest BCUT2D eigenvalue weighted by atomic mass is 19.4. The molecular formula is C11H14F3NO2. The smallest absolute Gasteiger partial charge is 0.422 e. The van der Waals surface area contributed by atoms with Gasteiger partial charge in [-0.05, 0) is 13.0 Å². The van der Waals surface area contributed by atoms with Crippen LogP contribution < -0.4 is 15.2 Å². The van der Waals surface area contributed by atoms with Crippen molar-refractivity contribution in [3.63, 3.8) is 0 Å². The van der Waals surface area contributed by atoms with E-state index in [0.29, 0.717) is 5.56 Å². The Balaban J connectivity index is 3.01. The van der Waals surface area contributed by atoms with Crippen LogP contribution in [0.15, 0.2) is 18.2 Å². The molecule has 3 nitrogen and oxygen atoms in total. The minimum Gasteiger partial charge on any atom is -0.493 e. The second kappa shape index (κ2) is 5.27. The van der Waals surface area contributed by atoms with Gasteiger partial charge in [-0.3, -0.25) is 0 Å². The average molecular weight is 249 g/mol. The molecule has 0 radical (unpaired) electrons. The van der Waals surface area contributed by atoms with E-state index >= 15 is 0 Å². The van der Waals surface area contributed by atoms with Crippen molar-refractivity contribution in [2.45, 2.75) is 19.1 Å². The van der Waals surface area contributed by atoms with Crippen LogP contribution in [0.3, 0.4) is 0 Å². The highest BCUT2D eigenvalue weighted by molar-refractivity contribution is 5.47. The fourth-order valence-corrected chi connectivity index (χ4v) is 1.36. The van der Waals surface area contributed by atoms with Crippen LogP contribution in [0.1, 0.15) is 18.5 Å². The third-order valence-corrected chi connectivity index (χ3v) is 2.10. The maximum absolute atomic E-state index is 12.1.